The van der Waals surface area contributed by atoms with E-state index >= 15 is 0 Å². The van der Waals surface area contributed by atoms with Gasteiger partial charge in [0.15, 0.2) is 0 Å². The van der Waals surface area contributed by atoms with Gasteiger partial charge in [-0.05, 0) is 57.9 Å². The van der Waals surface area contributed by atoms with E-state index in [9.17, 15) is 9.59 Å². The van der Waals surface area contributed by atoms with Crippen LogP contribution in [0.5, 0.6) is 0 Å². The van der Waals surface area contributed by atoms with Gasteiger partial charge in [-0.25, -0.2) is 0 Å². The van der Waals surface area contributed by atoms with Crippen molar-refractivity contribution in [2.24, 2.45) is 0 Å². The van der Waals surface area contributed by atoms with Crippen molar-refractivity contribution in [1.82, 2.24) is 10.2 Å². The molecular formula is C20H22Cl2N2O3. The molecule has 27 heavy (non-hydrogen) atoms. The lowest BCUT2D eigenvalue weighted by Crippen LogP contribution is -2.46. The normalized spacial score (nSPS) is 17.8. The van der Waals surface area contributed by atoms with Crippen LogP contribution >= 0.6 is 23.2 Å². The highest BCUT2D eigenvalue weighted by atomic mass is 35.5. The Morgan fingerprint density at radius 3 is 2.67 bits per heavy atom. The van der Waals surface area contributed by atoms with Crippen LogP contribution in [0.4, 0.5) is 0 Å². The van der Waals surface area contributed by atoms with Gasteiger partial charge in [0.1, 0.15) is 17.6 Å². The first kappa shape index (κ1) is 19.8. The van der Waals surface area contributed by atoms with Crippen LogP contribution < -0.4 is 5.32 Å². The van der Waals surface area contributed by atoms with Gasteiger partial charge >= 0.3 is 0 Å². The van der Waals surface area contributed by atoms with Crippen LogP contribution in [-0.4, -0.2) is 29.3 Å². The van der Waals surface area contributed by atoms with Gasteiger partial charge in [-0.3, -0.25) is 9.59 Å². The summed E-state index contributed by atoms with van der Waals surface area (Å²) in [5.41, 5.74) is 1.26. The maximum atomic E-state index is 12.9. The van der Waals surface area contributed by atoms with Crippen molar-refractivity contribution in [3.05, 3.63) is 57.0 Å². The van der Waals surface area contributed by atoms with Crippen molar-refractivity contribution in [2.75, 3.05) is 6.54 Å². The fourth-order valence-electron chi connectivity index (χ4n) is 3.57. The predicted molar refractivity (Wildman–Crippen MR) is 105 cm³/mol. The molecule has 7 heteroatoms. The lowest BCUT2D eigenvalue weighted by atomic mass is 10.1. The number of carbonyl (C=O) groups is 2. The average Bonchev–Trinajstić information content (AvgIpc) is 3.22. The SMILES string of the molecule is Cc1cc(C(C)NC(=O)C2CCCN2C(=O)c2cc(Cl)ccc2Cl)c(C)o1. The van der Waals surface area contributed by atoms with E-state index < -0.39 is 6.04 Å². The third-order valence-electron chi connectivity index (χ3n) is 4.88. The van der Waals surface area contributed by atoms with Crippen LogP contribution in [0.25, 0.3) is 0 Å². The Bertz CT molecular complexity index is 878. The van der Waals surface area contributed by atoms with Crippen LogP contribution in [0.15, 0.2) is 28.7 Å². The number of carbonyl (C=O) groups excluding carboxylic acids is 2. The van der Waals surface area contributed by atoms with E-state index in [0.29, 0.717) is 28.6 Å². The molecule has 1 aromatic heterocycles. The Labute approximate surface area is 168 Å². The van der Waals surface area contributed by atoms with Gasteiger partial charge in [0.2, 0.25) is 5.91 Å². The molecule has 0 saturated carbocycles. The molecule has 1 aliphatic heterocycles. The number of halogens is 2. The topological polar surface area (TPSA) is 62.6 Å². The second kappa shape index (κ2) is 7.95. The Morgan fingerprint density at radius 2 is 2.00 bits per heavy atom. The fourth-order valence-corrected chi connectivity index (χ4v) is 3.94. The minimum atomic E-state index is -0.525. The molecule has 3 rings (SSSR count). The summed E-state index contributed by atoms with van der Waals surface area (Å²) in [5.74, 6) is 1.13. The molecule has 0 spiro atoms. The minimum absolute atomic E-state index is 0.176. The summed E-state index contributed by atoms with van der Waals surface area (Å²) in [7, 11) is 0. The number of hydrogen-bond donors (Lipinski definition) is 1. The third-order valence-corrected chi connectivity index (χ3v) is 5.44. The molecular weight excluding hydrogens is 387 g/mol. The van der Waals surface area contributed by atoms with Crippen molar-refractivity contribution in [3.63, 3.8) is 0 Å². The summed E-state index contributed by atoms with van der Waals surface area (Å²) >= 11 is 12.2. The summed E-state index contributed by atoms with van der Waals surface area (Å²) in [5, 5.41) is 3.76. The van der Waals surface area contributed by atoms with Gasteiger partial charge in [0, 0.05) is 17.1 Å². The molecule has 2 unspecified atom stereocenters. The zero-order valence-corrected chi connectivity index (χ0v) is 17.0. The molecule has 2 amide bonds. The van der Waals surface area contributed by atoms with Crippen LogP contribution in [0.2, 0.25) is 10.0 Å². The Balaban J connectivity index is 1.75. The number of nitrogens with one attached hydrogen (secondary N) is 1. The number of rotatable bonds is 4. The van der Waals surface area contributed by atoms with E-state index in [-0.39, 0.29) is 17.9 Å². The van der Waals surface area contributed by atoms with E-state index in [2.05, 4.69) is 5.32 Å². The second-order valence-corrected chi connectivity index (χ2v) is 7.72. The fraction of sp³-hybridized carbons (Fsp3) is 0.400. The Kier molecular flexibility index (Phi) is 5.82. The molecule has 1 saturated heterocycles. The Hall–Kier alpha value is -1.98. The zero-order chi connectivity index (χ0) is 19.7. The highest BCUT2D eigenvalue weighted by molar-refractivity contribution is 6.35. The van der Waals surface area contributed by atoms with Crippen molar-refractivity contribution in [1.29, 1.82) is 0 Å². The second-order valence-electron chi connectivity index (χ2n) is 6.88. The molecule has 2 aromatic rings. The van der Waals surface area contributed by atoms with E-state index in [1.165, 1.54) is 0 Å². The van der Waals surface area contributed by atoms with Crippen molar-refractivity contribution in [2.45, 2.75) is 45.7 Å². The van der Waals surface area contributed by atoms with Crippen molar-refractivity contribution >= 4 is 35.0 Å². The molecule has 1 fully saturated rings. The first-order valence-electron chi connectivity index (χ1n) is 8.91. The molecule has 0 radical (unpaired) electrons. The number of benzene rings is 1. The van der Waals surface area contributed by atoms with Crippen molar-refractivity contribution < 1.29 is 14.0 Å². The monoisotopic (exact) mass is 408 g/mol. The molecule has 144 valence electrons. The van der Waals surface area contributed by atoms with E-state index in [1.807, 2.05) is 26.8 Å². The number of aryl methyl sites for hydroxylation is 2. The van der Waals surface area contributed by atoms with Gasteiger partial charge in [-0.2, -0.15) is 0 Å². The van der Waals surface area contributed by atoms with Crippen LogP contribution in [0.3, 0.4) is 0 Å². The summed E-state index contributed by atoms with van der Waals surface area (Å²) < 4.78 is 5.54. The number of amides is 2. The maximum Gasteiger partial charge on any atom is 0.256 e. The van der Waals surface area contributed by atoms with E-state index in [0.717, 1.165) is 23.5 Å². The van der Waals surface area contributed by atoms with Crippen LogP contribution in [0.1, 0.15) is 53.2 Å². The van der Waals surface area contributed by atoms with Gasteiger partial charge < -0.3 is 14.6 Å². The quantitative estimate of drug-likeness (QED) is 0.797. The molecule has 2 heterocycles. The smallest absolute Gasteiger partial charge is 0.256 e. The maximum absolute atomic E-state index is 12.9. The standard InChI is InChI=1S/C20H22Cl2N2O3/c1-11-9-15(13(3)27-11)12(2)23-19(25)18-5-4-8-24(18)20(26)16-10-14(21)6-7-17(16)22/h6-7,9-10,12,18H,4-5,8H2,1-3H3,(H,23,25). The van der Waals surface area contributed by atoms with Crippen molar-refractivity contribution in [3.8, 4) is 0 Å². The molecule has 0 bridgehead atoms. The summed E-state index contributed by atoms with van der Waals surface area (Å²) in [6, 6.07) is 5.95. The van der Waals surface area contributed by atoms with Gasteiger partial charge in [0.25, 0.3) is 5.91 Å². The third kappa shape index (κ3) is 4.14. The lowest BCUT2D eigenvalue weighted by Gasteiger charge is -2.26. The summed E-state index contributed by atoms with van der Waals surface area (Å²) in [4.78, 5) is 27.4. The zero-order valence-electron chi connectivity index (χ0n) is 15.5. The number of hydrogen-bond acceptors (Lipinski definition) is 3. The molecule has 1 aliphatic rings. The molecule has 2 atom stereocenters. The molecule has 0 aliphatic carbocycles. The molecule has 5 nitrogen and oxygen atoms in total. The molecule has 1 N–H and O–H groups in total. The highest BCUT2D eigenvalue weighted by Crippen LogP contribution is 2.27. The Morgan fingerprint density at radius 1 is 1.26 bits per heavy atom. The van der Waals surface area contributed by atoms with Gasteiger partial charge in [-0.1, -0.05) is 23.2 Å². The lowest BCUT2D eigenvalue weighted by molar-refractivity contribution is -0.125. The van der Waals surface area contributed by atoms with Gasteiger partial charge in [0.05, 0.1) is 16.6 Å². The number of furan rings is 1. The largest absolute Gasteiger partial charge is 0.466 e. The highest BCUT2D eigenvalue weighted by Gasteiger charge is 2.36. The summed E-state index contributed by atoms with van der Waals surface area (Å²) in [6.07, 6.45) is 1.38. The first-order chi connectivity index (χ1) is 12.8. The molecule has 1 aromatic carbocycles. The minimum Gasteiger partial charge on any atom is -0.466 e. The number of likely N-dealkylation sites (tertiary alicyclic amines) is 1. The predicted octanol–water partition coefficient (Wildman–Crippen LogP) is 4.69. The van der Waals surface area contributed by atoms with E-state index in [4.69, 9.17) is 27.6 Å². The first-order valence-corrected chi connectivity index (χ1v) is 9.67. The van der Waals surface area contributed by atoms with E-state index in [1.54, 1.807) is 23.1 Å². The summed E-state index contributed by atoms with van der Waals surface area (Å²) in [6.45, 7) is 6.16. The van der Waals surface area contributed by atoms with Crippen LogP contribution in [0, 0.1) is 13.8 Å². The average molecular weight is 409 g/mol. The number of nitrogens with zero attached hydrogens (tertiary/aromatic N) is 1. The van der Waals surface area contributed by atoms with Crippen LogP contribution in [-0.2, 0) is 4.79 Å². The van der Waals surface area contributed by atoms with Gasteiger partial charge in [-0.15, -0.1) is 0 Å².